The number of benzene rings is 1. The first-order valence-electron chi connectivity index (χ1n) is 5.57. The summed E-state index contributed by atoms with van der Waals surface area (Å²) in [5, 5.41) is 2.58. The lowest BCUT2D eigenvalue weighted by molar-refractivity contribution is 0.0994. The van der Waals surface area contributed by atoms with Gasteiger partial charge in [0, 0.05) is 23.3 Å². The predicted molar refractivity (Wildman–Crippen MR) is 73.4 cm³/mol. The Morgan fingerprint density at radius 2 is 1.85 bits per heavy atom. The summed E-state index contributed by atoms with van der Waals surface area (Å²) in [6.45, 7) is 3.30. The molecule has 0 aliphatic rings. The second kappa shape index (κ2) is 5.26. The summed E-state index contributed by atoms with van der Waals surface area (Å²) < 4.78 is 27.4. The molecule has 8 heteroatoms. The SMILES string of the molecule is Cc1nc(C)c(C(=O)Nc2ccc(S(=O)(=O)Cl)cc2)o1. The van der Waals surface area contributed by atoms with Gasteiger partial charge in [-0.05, 0) is 31.2 Å². The number of carbonyl (C=O) groups excluding carboxylic acids is 1. The molecule has 1 aromatic heterocycles. The van der Waals surface area contributed by atoms with E-state index in [0.29, 0.717) is 17.3 Å². The van der Waals surface area contributed by atoms with Gasteiger partial charge in [-0.15, -0.1) is 0 Å². The molecule has 106 valence electrons. The molecule has 0 saturated heterocycles. The topological polar surface area (TPSA) is 89.3 Å². The van der Waals surface area contributed by atoms with Crippen molar-refractivity contribution >= 4 is 31.3 Å². The van der Waals surface area contributed by atoms with Gasteiger partial charge in [-0.25, -0.2) is 13.4 Å². The van der Waals surface area contributed by atoms with Crippen molar-refractivity contribution in [1.82, 2.24) is 4.98 Å². The molecule has 1 heterocycles. The van der Waals surface area contributed by atoms with Gasteiger partial charge in [0.2, 0.25) is 5.76 Å². The van der Waals surface area contributed by atoms with E-state index < -0.39 is 15.0 Å². The van der Waals surface area contributed by atoms with E-state index in [1.165, 1.54) is 24.3 Å². The zero-order valence-electron chi connectivity index (χ0n) is 10.7. The minimum absolute atomic E-state index is 0.0381. The molecule has 2 aromatic rings. The average Bonchev–Trinajstić information content (AvgIpc) is 2.68. The third-order valence-corrected chi connectivity index (χ3v) is 3.87. The van der Waals surface area contributed by atoms with Gasteiger partial charge in [-0.1, -0.05) is 0 Å². The number of nitrogens with one attached hydrogen (secondary N) is 1. The van der Waals surface area contributed by atoms with Gasteiger partial charge >= 0.3 is 0 Å². The van der Waals surface area contributed by atoms with Crippen molar-refractivity contribution in [3.63, 3.8) is 0 Å². The van der Waals surface area contributed by atoms with Gasteiger partial charge in [0.05, 0.1) is 10.6 Å². The second-order valence-electron chi connectivity index (χ2n) is 4.06. The van der Waals surface area contributed by atoms with Gasteiger partial charge < -0.3 is 9.73 Å². The Balaban J connectivity index is 2.18. The number of rotatable bonds is 3. The van der Waals surface area contributed by atoms with Crippen molar-refractivity contribution in [1.29, 1.82) is 0 Å². The Bertz CT molecular complexity index is 750. The van der Waals surface area contributed by atoms with Crippen LogP contribution >= 0.6 is 10.7 Å². The molecule has 2 rings (SSSR count). The molecule has 0 aliphatic carbocycles. The van der Waals surface area contributed by atoms with Crippen molar-refractivity contribution in [3.8, 4) is 0 Å². The number of aromatic nitrogens is 1. The van der Waals surface area contributed by atoms with Crippen LogP contribution in [0.15, 0.2) is 33.6 Å². The number of oxazole rings is 1. The Morgan fingerprint density at radius 1 is 1.25 bits per heavy atom. The van der Waals surface area contributed by atoms with Gasteiger partial charge in [0.15, 0.2) is 5.89 Å². The van der Waals surface area contributed by atoms with Crippen LogP contribution in [0.25, 0.3) is 0 Å². The fourth-order valence-corrected chi connectivity index (χ4v) is 2.40. The zero-order valence-corrected chi connectivity index (χ0v) is 12.2. The van der Waals surface area contributed by atoms with Crippen LogP contribution in [0, 0.1) is 13.8 Å². The van der Waals surface area contributed by atoms with Crippen LogP contribution in [0.5, 0.6) is 0 Å². The summed E-state index contributed by atoms with van der Waals surface area (Å²) in [7, 11) is 1.43. The highest BCUT2D eigenvalue weighted by atomic mass is 35.7. The molecule has 6 nitrogen and oxygen atoms in total. The van der Waals surface area contributed by atoms with Crippen molar-refractivity contribution in [3.05, 3.63) is 41.6 Å². The lowest BCUT2D eigenvalue weighted by atomic mass is 10.3. The molecule has 0 radical (unpaired) electrons. The molecule has 0 atom stereocenters. The molecule has 1 aromatic carbocycles. The maximum Gasteiger partial charge on any atom is 0.293 e. The van der Waals surface area contributed by atoms with Crippen molar-refractivity contribution < 1.29 is 17.6 Å². The quantitative estimate of drug-likeness (QED) is 0.879. The van der Waals surface area contributed by atoms with E-state index in [1.54, 1.807) is 13.8 Å². The number of nitrogens with zero attached hydrogens (tertiary/aromatic N) is 1. The van der Waals surface area contributed by atoms with Crippen molar-refractivity contribution in [2.75, 3.05) is 5.32 Å². The smallest absolute Gasteiger partial charge is 0.293 e. The van der Waals surface area contributed by atoms with Crippen LogP contribution in [0.1, 0.15) is 22.1 Å². The van der Waals surface area contributed by atoms with E-state index in [0.717, 1.165) is 0 Å². The number of anilines is 1. The molecule has 0 aliphatic heterocycles. The van der Waals surface area contributed by atoms with Gasteiger partial charge in [-0.3, -0.25) is 4.79 Å². The number of hydrogen-bond acceptors (Lipinski definition) is 5. The Hall–Kier alpha value is -1.86. The molecule has 0 spiro atoms. The Labute approximate surface area is 120 Å². The molecule has 0 fully saturated rings. The van der Waals surface area contributed by atoms with Gasteiger partial charge in [0.1, 0.15) is 0 Å². The van der Waals surface area contributed by atoms with Crippen LogP contribution in [0.2, 0.25) is 0 Å². The molecule has 0 saturated carbocycles. The molecule has 0 bridgehead atoms. The fraction of sp³-hybridized carbons (Fsp3) is 0.167. The molecule has 20 heavy (non-hydrogen) atoms. The van der Waals surface area contributed by atoms with E-state index in [1.807, 2.05) is 0 Å². The minimum atomic E-state index is -3.77. The highest BCUT2D eigenvalue weighted by Gasteiger charge is 2.16. The summed E-state index contributed by atoms with van der Waals surface area (Å²) in [6.07, 6.45) is 0. The number of aryl methyl sites for hydroxylation is 2. The number of halogens is 1. The molecule has 0 unspecified atom stereocenters. The van der Waals surface area contributed by atoms with Gasteiger partial charge in [-0.2, -0.15) is 0 Å². The van der Waals surface area contributed by atoms with Crippen LogP contribution in [-0.4, -0.2) is 19.3 Å². The van der Waals surface area contributed by atoms with Crippen LogP contribution in [0.3, 0.4) is 0 Å². The third kappa shape index (κ3) is 3.17. The summed E-state index contributed by atoms with van der Waals surface area (Å²) in [6, 6.07) is 5.48. The van der Waals surface area contributed by atoms with Crippen LogP contribution < -0.4 is 5.32 Å². The first kappa shape index (κ1) is 14.5. The fourth-order valence-electron chi connectivity index (χ4n) is 1.63. The molecule has 1 N–H and O–H groups in total. The Morgan fingerprint density at radius 3 is 2.30 bits per heavy atom. The zero-order chi connectivity index (χ0) is 14.9. The summed E-state index contributed by atoms with van der Waals surface area (Å²) >= 11 is 0. The Kier molecular flexibility index (Phi) is 3.82. The van der Waals surface area contributed by atoms with Crippen molar-refractivity contribution in [2.45, 2.75) is 18.7 Å². The summed E-state index contributed by atoms with van der Waals surface area (Å²) in [5.41, 5.74) is 0.910. The lowest BCUT2D eigenvalue weighted by Gasteiger charge is -2.04. The maximum atomic E-state index is 11.9. The van der Waals surface area contributed by atoms with E-state index in [2.05, 4.69) is 10.3 Å². The molecule has 1 amide bonds. The van der Waals surface area contributed by atoms with Crippen LogP contribution in [-0.2, 0) is 9.05 Å². The predicted octanol–water partition coefficient (Wildman–Crippen LogP) is 2.47. The van der Waals surface area contributed by atoms with E-state index in [-0.39, 0.29) is 10.7 Å². The standard InChI is InChI=1S/C12H11ClN2O4S/c1-7-11(19-8(2)14-7)12(16)15-9-3-5-10(6-4-9)20(13,17)18/h3-6H,1-2H3,(H,15,16). The molecular weight excluding hydrogens is 304 g/mol. The number of amides is 1. The molecular formula is C12H11ClN2O4S. The second-order valence-corrected chi connectivity index (χ2v) is 6.63. The largest absolute Gasteiger partial charge is 0.436 e. The summed E-state index contributed by atoms with van der Waals surface area (Å²) in [5.74, 6) is 0.0670. The van der Waals surface area contributed by atoms with E-state index >= 15 is 0 Å². The number of carbonyl (C=O) groups is 1. The maximum absolute atomic E-state index is 11.9. The lowest BCUT2D eigenvalue weighted by Crippen LogP contribution is -2.12. The first-order chi connectivity index (χ1) is 9.27. The normalized spacial score (nSPS) is 11.3. The minimum Gasteiger partial charge on any atom is -0.436 e. The third-order valence-electron chi connectivity index (χ3n) is 2.50. The highest BCUT2D eigenvalue weighted by Crippen LogP contribution is 2.19. The van der Waals surface area contributed by atoms with E-state index in [4.69, 9.17) is 15.1 Å². The highest BCUT2D eigenvalue weighted by molar-refractivity contribution is 8.13. The monoisotopic (exact) mass is 314 g/mol. The summed E-state index contributed by atoms with van der Waals surface area (Å²) in [4.78, 5) is 15.9. The van der Waals surface area contributed by atoms with Crippen LogP contribution in [0.4, 0.5) is 5.69 Å². The van der Waals surface area contributed by atoms with Crippen molar-refractivity contribution in [2.24, 2.45) is 0 Å². The average molecular weight is 315 g/mol. The first-order valence-corrected chi connectivity index (χ1v) is 7.88. The van der Waals surface area contributed by atoms with Gasteiger partial charge in [0.25, 0.3) is 15.0 Å². The van der Waals surface area contributed by atoms with E-state index in [9.17, 15) is 13.2 Å². The number of hydrogen-bond donors (Lipinski definition) is 1.